The van der Waals surface area contributed by atoms with Gasteiger partial charge in [0.1, 0.15) is 0 Å². The number of hydrogen-bond donors (Lipinski definition) is 1. The summed E-state index contributed by atoms with van der Waals surface area (Å²) in [5.41, 5.74) is 0.762. The molecule has 0 amide bonds. The van der Waals surface area contributed by atoms with Gasteiger partial charge in [0.25, 0.3) is 0 Å². The van der Waals surface area contributed by atoms with Crippen LogP contribution in [-0.2, 0) is 6.42 Å². The molecule has 0 heterocycles. The number of aromatic hydroxyl groups is 1. The summed E-state index contributed by atoms with van der Waals surface area (Å²) in [6.07, 6.45) is 0.965. The lowest BCUT2D eigenvalue weighted by Gasteiger charge is -2.08. The zero-order valence-corrected chi connectivity index (χ0v) is 8.16. The number of aryl methyl sites for hydroxylation is 1. The van der Waals surface area contributed by atoms with E-state index in [-0.39, 0.29) is 5.75 Å². The second kappa shape index (κ2) is 5.13. The van der Waals surface area contributed by atoms with Crippen LogP contribution in [0.25, 0.3) is 0 Å². The van der Waals surface area contributed by atoms with Gasteiger partial charge in [-0.25, -0.2) is 0 Å². The number of rotatable bonds is 4. The Morgan fingerprint density at radius 2 is 2.29 bits per heavy atom. The molecule has 14 heavy (non-hydrogen) atoms. The van der Waals surface area contributed by atoms with Crippen LogP contribution in [0.4, 0.5) is 0 Å². The monoisotopic (exact) mass is 191 g/mol. The molecule has 0 aromatic heterocycles. The van der Waals surface area contributed by atoms with Crippen LogP contribution >= 0.6 is 0 Å². The van der Waals surface area contributed by atoms with Gasteiger partial charge in [0, 0.05) is 6.42 Å². The topological polar surface area (TPSA) is 53.2 Å². The lowest BCUT2D eigenvalue weighted by Crippen LogP contribution is -1.94. The highest BCUT2D eigenvalue weighted by Gasteiger charge is 2.06. The normalized spacial score (nSPS) is 9.43. The Balaban J connectivity index is 2.85. The Labute approximate surface area is 83.6 Å². The van der Waals surface area contributed by atoms with E-state index in [1.165, 1.54) is 0 Å². The quantitative estimate of drug-likeness (QED) is 0.794. The summed E-state index contributed by atoms with van der Waals surface area (Å²) in [6, 6.07) is 7.38. The van der Waals surface area contributed by atoms with Crippen LogP contribution in [0.2, 0.25) is 0 Å². The van der Waals surface area contributed by atoms with Gasteiger partial charge in [-0.2, -0.15) is 5.26 Å². The molecule has 1 N–H and O–H groups in total. The van der Waals surface area contributed by atoms with E-state index in [1.807, 2.05) is 19.1 Å². The van der Waals surface area contributed by atoms with Crippen LogP contribution in [-0.4, -0.2) is 11.7 Å². The lowest BCUT2D eigenvalue weighted by molar-refractivity contribution is 0.316. The Hall–Kier alpha value is -1.69. The largest absolute Gasteiger partial charge is 0.504 e. The summed E-state index contributed by atoms with van der Waals surface area (Å²) in [6.45, 7) is 2.39. The van der Waals surface area contributed by atoms with Crippen molar-refractivity contribution in [2.75, 3.05) is 6.61 Å². The van der Waals surface area contributed by atoms with Crippen LogP contribution in [0.3, 0.4) is 0 Å². The second-order valence-electron chi connectivity index (χ2n) is 2.86. The maximum atomic E-state index is 9.71. The molecule has 1 aromatic carbocycles. The van der Waals surface area contributed by atoms with Gasteiger partial charge in [-0.15, -0.1) is 0 Å². The summed E-state index contributed by atoms with van der Waals surface area (Å²) in [5.74, 6) is 0.646. The minimum atomic E-state index is 0.157. The van der Waals surface area contributed by atoms with Crippen LogP contribution in [0.15, 0.2) is 18.2 Å². The molecule has 0 atom stereocenters. The molecule has 0 saturated heterocycles. The molecule has 0 spiro atoms. The maximum Gasteiger partial charge on any atom is 0.161 e. The molecular weight excluding hydrogens is 178 g/mol. The number of hydrogen-bond acceptors (Lipinski definition) is 3. The molecule has 0 radical (unpaired) electrons. The van der Waals surface area contributed by atoms with E-state index in [9.17, 15) is 5.11 Å². The van der Waals surface area contributed by atoms with Gasteiger partial charge < -0.3 is 9.84 Å². The van der Waals surface area contributed by atoms with Crippen molar-refractivity contribution in [1.82, 2.24) is 0 Å². The zero-order chi connectivity index (χ0) is 10.4. The molecule has 0 fully saturated rings. The van der Waals surface area contributed by atoms with Gasteiger partial charge in [-0.3, -0.25) is 0 Å². The number of nitriles is 1. The predicted molar refractivity (Wildman–Crippen MR) is 53.2 cm³/mol. The molecule has 0 aliphatic carbocycles. The molecule has 0 aliphatic heterocycles. The molecule has 0 unspecified atom stereocenters. The lowest BCUT2D eigenvalue weighted by atomic mass is 10.1. The van der Waals surface area contributed by atoms with Crippen molar-refractivity contribution >= 4 is 0 Å². The van der Waals surface area contributed by atoms with E-state index in [1.54, 1.807) is 12.1 Å². The predicted octanol–water partition coefficient (Wildman–Crippen LogP) is 2.25. The average molecular weight is 191 g/mol. The number of benzene rings is 1. The third-order valence-electron chi connectivity index (χ3n) is 1.89. The van der Waals surface area contributed by atoms with E-state index in [0.29, 0.717) is 25.2 Å². The summed E-state index contributed by atoms with van der Waals surface area (Å²) in [5, 5.41) is 18.1. The van der Waals surface area contributed by atoms with Gasteiger partial charge in [-0.1, -0.05) is 12.1 Å². The molecule has 1 rings (SSSR count). The summed E-state index contributed by atoms with van der Waals surface area (Å²) >= 11 is 0. The van der Waals surface area contributed by atoms with Crippen molar-refractivity contribution in [2.24, 2.45) is 0 Å². The molecule has 3 nitrogen and oxygen atoms in total. The maximum absolute atomic E-state index is 9.71. The summed E-state index contributed by atoms with van der Waals surface area (Å²) in [7, 11) is 0. The van der Waals surface area contributed by atoms with Crippen molar-refractivity contribution < 1.29 is 9.84 Å². The first-order chi connectivity index (χ1) is 6.79. The van der Waals surface area contributed by atoms with Gasteiger partial charge in [-0.05, 0) is 25.0 Å². The molecule has 74 valence electrons. The van der Waals surface area contributed by atoms with Crippen LogP contribution < -0.4 is 4.74 Å². The standard InChI is InChI=1S/C11H13NO2/c1-2-14-10-7-3-5-9(11(10)13)6-4-8-12/h3,5,7,13H,2,4,6H2,1H3. The number of para-hydroxylation sites is 1. The highest BCUT2D eigenvalue weighted by Crippen LogP contribution is 2.30. The fourth-order valence-corrected chi connectivity index (χ4v) is 1.23. The van der Waals surface area contributed by atoms with Crippen molar-refractivity contribution in [3.8, 4) is 17.6 Å². The molecule has 1 aromatic rings. The Kier molecular flexibility index (Phi) is 3.81. The first kappa shape index (κ1) is 10.4. The van der Waals surface area contributed by atoms with Crippen LogP contribution in [0.5, 0.6) is 11.5 Å². The van der Waals surface area contributed by atoms with Crippen molar-refractivity contribution in [1.29, 1.82) is 5.26 Å². The Morgan fingerprint density at radius 1 is 1.50 bits per heavy atom. The molecule has 0 saturated carbocycles. The Bertz CT molecular complexity index is 342. The number of phenols is 1. The van der Waals surface area contributed by atoms with Gasteiger partial charge >= 0.3 is 0 Å². The first-order valence-electron chi connectivity index (χ1n) is 4.60. The molecule has 0 aliphatic rings. The Morgan fingerprint density at radius 3 is 2.93 bits per heavy atom. The average Bonchev–Trinajstić information content (AvgIpc) is 2.20. The van der Waals surface area contributed by atoms with E-state index < -0.39 is 0 Å². The van der Waals surface area contributed by atoms with E-state index in [4.69, 9.17) is 10.00 Å². The molecule has 3 heteroatoms. The van der Waals surface area contributed by atoms with Crippen molar-refractivity contribution in [3.05, 3.63) is 23.8 Å². The number of phenolic OH excluding ortho intramolecular Hbond substituents is 1. The van der Waals surface area contributed by atoms with Crippen molar-refractivity contribution in [3.63, 3.8) is 0 Å². The SMILES string of the molecule is CCOc1cccc(CCC#N)c1O. The fraction of sp³-hybridized carbons (Fsp3) is 0.364. The summed E-state index contributed by atoms with van der Waals surface area (Å²) in [4.78, 5) is 0. The fourth-order valence-electron chi connectivity index (χ4n) is 1.23. The van der Waals surface area contributed by atoms with E-state index >= 15 is 0 Å². The van der Waals surface area contributed by atoms with Gasteiger partial charge in [0.15, 0.2) is 11.5 Å². The molecule has 0 bridgehead atoms. The third kappa shape index (κ3) is 2.40. The highest BCUT2D eigenvalue weighted by atomic mass is 16.5. The first-order valence-corrected chi connectivity index (χ1v) is 4.60. The van der Waals surface area contributed by atoms with Crippen LogP contribution in [0.1, 0.15) is 18.9 Å². The molecular formula is C11H13NO2. The zero-order valence-electron chi connectivity index (χ0n) is 8.16. The van der Waals surface area contributed by atoms with E-state index in [2.05, 4.69) is 0 Å². The smallest absolute Gasteiger partial charge is 0.161 e. The number of nitrogens with zero attached hydrogens (tertiary/aromatic N) is 1. The third-order valence-corrected chi connectivity index (χ3v) is 1.89. The van der Waals surface area contributed by atoms with E-state index in [0.717, 1.165) is 5.56 Å². The van der Waals surface area contributed by atoms with Crippen molar-refractivity contribution in [2.45, 2.75) is 19.8 Å². The summed E-state index contributed by atoms with van der Waals surface area (Å²) < 4.78 is 5.22. The van der Waals surface area contributed by atoms with Crippen LogP contribution in [0, 0.1) is 11.3 Å². The van der Waals surface area contributed by atoms with Gasteiger partial charge in [0.05, 0.1) is 12.7 Å². The number of ether oxygens (including phenoxy) is 1. The highest BCUT2D eigenvalue weighted by molar-refractivity contribution is 5.45. The minimum Gasteiger partial charge on any atom is -0.504 e. The second-order valence-corrected chi connectivity index (χ2v) is 2.86. The van der Waals surface area contributed by atoms with Gasteiger partial charge in [0.2, 0.25) is 0 Å². The minimum absolute atomic E-state index is 0.157.